The topological polar surface area (TPSA) is 85.8 Å². The van der Waals surface area contributed by atoms with E-state index in [1.54, 1.807) is 19.1 Å². The summed E-state index contributed by atoms with van der Waals surface area (Å²) in [5, 5.41) is 0. The summed E-state index contributed by atoms with van der Waals surface area (Å²) in [5.74, 6) is -0.991. The van der Waals surface area contributed by atoms with E-state index in [4.69, 9.17) is 9.15 Å². The van der Waals surface area contributed by atoms with Crippen LogP contribution in [-0.4, -0.2) is 28.3 Å². The van der Waals surface area contributed by atoms with Gasteiger partial charge in [0, 0.05) is 31.2 Å². The van der Waals surface area contributed by atoms with Crippen LogP contribution in [0.3, 0.4) is 0 Å². The minimum absolute atomic E-state index is 0.0866. The zero-order chi connectivity index (χ0) is 24.1. The van der Waals surface area contributed by atoms with Gasteiger partial charge in [0.25, 0.3) is 0 Å². The molecule has 7 nitrogen and oxygen atoms in total. The third kappa shape index (κ3) is 5.16. The molecule has 1 aliphatic carbocycles. The maximum atomic E-state index is 14.9. The third-order valence-corrected chi connectivity index (χ3v) is 6.36. The molecule has 2 aromatic rings. The Morgan fingerprint density at radius 1 is 1.30 bits per heavy atom. The molecule has 0 amide bonds. The van der Waals surface area contributed by atoms with Crippen molar-refractivity contribution < 1.29 is 22.1 Å². The number of benzene rings is 1. The molecule has 2 aliphatic rings. The van der Waals surface area contributed by atoms with Gasteiger partial charge in [-0.2, -0.15) is 0 Å². The van der Waals surface area contributed by atoms with E-state index in [1.165, 1.54) is 23.8 Å². The molecular weight excluding hydrogens is 452 g/mol. The summed E-state index contributed by atoms with van der Waals surface area (Å²) in [7, 11) is -0.413. The van der Waals surface area contributed by atoms with E-state index in [0.717, 1.165) is 6.07 Å². The molecule has 0 bridgehead atoms. The summed E-state index contributed by atoms with van der Waals surface area (Å²) in [4.78, 5) is 16.5. The number of fused-ring (bicyclic) bond motifs is 1. The Hall–Kier alpha value is -3.01. The van der Waals surface area contributed by atoms with Gasteiger partial charge in [-0.1, -0.05) is 19.9 Å². The number of rotatable bonds is 3. The molecule has 33 heavy (non-hydrogen) atoms. The largest absolute Gasteiger partial charge is 0.493 e. The van der Waals surface area contributed by atoms with E-state index in [2.05, 4.69) is 9.71 Å². The number of ether oxygens (including phenoxy) is 1. The molecule has 1 aromatic carbocycles. The van der Waals surface area contributed by atoms with Crippen molar-refractivity contribution in [1.29, 1.82) is 0 Å². The fraction of sp³-hybridized carbons (Fsp3) is 0.391. The Balaban J connectivity index is 0.00000149. The number of aliphatic imine (C=N–C) groups is 1. The lowest BCUT2D eigenvalue weighted by molar-refractivity contribution is 0.224. The summed E-state index contributed by atoms with van der Waals surface area (Å²) in [5.41, 5.74) is 0.784. The molecule has 0 saturated heterocycles. The predicted octanol–water partition coefficient (Wildman–Crippen LogP) is 4.84. The van der Waals surface area contributed by atoms with Gasteiger partial charge in [0.1, 0.15) is 23.2 Å². The molecule has 0 fully saturated rings. The second-order valence-electron chi connectivity index (χ2n) is 7.19. The molecule has 178 valence electrons. The van der Waals surface area contributed by atoms with Crippen molar-refractivity contribution in [2.24, 2.45) is 4.99 Å². The van der Waals surface area contributed by atoms with Crippen LogP contribution in [0.25, 0.3) is 11.1 Å². The highest BCUT2D eigenvalue weighted by Crippen LogP contribution is 2.36. The van der Waals surface area contributed by atoms with Crippen molar-refractivity contribution in [3.05, 3.63) is 63.9 Å². The first kappa shape index (κ1) is 24.6. The summed E-state index contributed by atoms with van der Waals surface area (Å²) in [6.45, 7) is 6.01. The van der Waals surface area contributed by atoms with Crippen molar-refractivity contribution in [2.45, 2.75) is 51.0 Å². The second-order valence-corrected chi connectivity index (χ2v) is 8.37. The highest BCUT2D eigenvalue weighted by atomic mass is 32.2. The lowest BCUT2D eigenvalue weighted by Gasteiger charge is -2.18. The molecule has 4 rings (SSSR count). The lowest BCUT2D eigenvalue weighted by Crippen LogP contribution is -2.24. The van der Waals surface area contributed by atoms with Gasteiger partial charge < -0.3 is 9.15 Å². The third-order valence-electron chi connectivity index (χ3n) is 5.17. The fourth-order valence-electron chi connectivity index (χ4n) is 3.66. The van der Waals surface area contributed by atoms with E-state index < -0.39 is 28.6 Å². The first-order chi connectivity index (χ1) is 15.9. The number of hydrogen-bond acceptors (Lipinski definition) is 5. The summed E-state index contributed by atoms with van der Waals surface area (Å²) in [6.07, 6.45) is 5.94. The number of nitrogens with one attached hydrogen (secondary N) is 1. The molecule has 10 heteroatoms. The SMILES string of the molecule is CC.CN=C(C)NS(=O)c1cc2oc(=O)n(C3CCCOC4=C3C=C(F)CC=C4)c2cc1F. The molecule has 1 N–H and O–H groups in total. The van der Waals surface area contributed by atoms with Crippen LogP contribution in [0.5, 0.6) is 0 Å². The molecule has 1 aliphatic heterocycles. The van der Waals surface area contributed by atoms with Gasteiger partial charge in [0.05, 0.1) is 23.1 Å². The molecule has 0 saturated carbocycles. The maximum Gasteiger partial charge on any atom is 0.420 e. The smallest absolute Gasteiger partial charge is 0.420 e. The average Bonchev–Trinajstić information content (AvgIpc) is 2.91. The predicted molar refractivity (Wildman–Crippen MR) is 125 cm³/mol. The lowest BCUT2D eigenvalue weighted by atomic mass is 10.0. The molecular formula is C23H27F2N3O4S. The molecule has 2 heterocycles. The number of aromatic nitrogens is 1. The van der Waals surface area contributed by atoms with Gasteiger partial charge in [0.15, 0.2) is 16.6 Å². The number of halogens is 2. The van der Waals surface area contributed by atoms with Gasteiger partial charge in [-0.3, -0.25) is 14.3 Å². The van der Waals surface area contributed by atoms with Crippen molar-refractivity contribution in [2.75, 3.05) is 13.7 Å². The Morgan fingerprint density at radius 2 is 2.06 bits per heavy atom. The molecule has 2 atom stereocenters. The van der Waals surface area contributed by atoms with Crippen LogP contribution in [0.2, 0.25) is 0 Å². The Morgan fingerprint density at radius 3 is 2.79 bits per heavy atom. The minimum atomic E-state index is -1.92. The Kier molecular flexibility index (Phi) is 8.01. The van der Waals surface area contributed by atoms with Gasteiger partial charge in [-0.25, -0.2) is 17.8 Å². The summed E-state index contributed by atoms with van der Waals surface area (Å²) < 4.78 is 56.5. The first-order valence-corrected chi connectivity index (χ1v) is 11.9. The van der Waals surface area contributed by atoms with E-state index in [1.807, 2.05) is 13.8 Å². The molecule has 0 spiro atoms. The quantitative estimate of drug-likeness (QED) is 0.504. The van der Waals surface area contributed by atoms with Crippen molar-refractivity contribution in [3.8, 4) is 0 Å². The van der Waals surface area contributed by atoms with Crippen molar-refractivity contribution in [3.63, 3.8) is 0 Å². The zero-order valence-electron chi connectivity index (χ0n) is 19.0. The van der Waals surface area contributed by atoms with Gasteiger partial charge in [-0.15, -0.1) is 0 Å². The number of amidine groups is 1. The van der Waals surface area contributed by atoms with E-state index in [9.17, 15) is 17.8 Å². The number of nitrogens with zero attached hydrogens (tertiary/aromatic N) is 2. The van der Waals surface area contributed by atoms with Crippen molar-refractivity contribution in [1.82, 2.24) is 9.29 Å². The standard InChI is InChI=1S/C21H21F2N3O4S.C2H6/c1-12(24-2)25-31(28)20-11-19-17(10-15(20)23)26(21(27)30-19)16-6-4-8-29-18-7-3-5-13(22)9-14(16)18;1-2/h3,7,9-11,16H,4-6,8H2,1-2H3,(H,24,25);1-2H3. The van der Waals surface area contributed by atoms with E-state index in [-0.39, 0.29) is 28.2 Å². The fourth-order valence-corrected chi connectivity index (χ4v) is 4.58. The number of oxazole rings is 1. The zero-order valence-corrected chi connectivity index (χ0v) is 19.8. The Bertz CT molecular complexity index is 1240. The van der Waals surface area contributed by atoms with Crippen molar-refractivity contribution >= 4 is 27.9 Å². The highest BCUT2D eigenvalue weighted by Gasteiger charge is 2.28. The van der Waals surface area contributed by atoms with Crippen LogP contribution in [0.15, 0.2) is 66.6 Å². The summed E-state index contributed by atoms with van der Waals surface area (Å²) in [6, 6.07) is 1.76. The first-order valence-electron chi connectivity index (χ1n) is 10.7. The minimum Gasteiger partial charge on any atom is -0.493 e. The van der Waals surface area contributed by atoms with E-state index >= 15 is 0 Å². The maximum absolute atomic E-state index is 14.9. The van der Waals surface area contributed by atoms with Crippen LogP contribution in [0.1, 0.15) is 46.1 Å². The van der Waals surface area contributed by atoms with E-state index in [0.29, 0.717) is 36.6 Å². The molecule has 1 aromatic heterocycles. The average molecular weight is 480 g/mol. The van der Waals surface area contributed by atoms with Gasteiger partial charge in [0.2, 0.25) is 0 Å². The Labute approximate surface area is 193 Å². The number of hydrogen-bond donors (Lipinski definition) is 1. The van der Waals surface area contributed by atoms with Gasteiger partial charge in [-0.05, 0) is 31.9 Å². The monoisotopic (exact) mass is 479 g/mol. The molecule has 0 radical (unpaired) electrons. The summed E-state index contributed by atoms with van der Waals surface area (Å²) >= 11 is 0. The number of allylic oxidation sites excluding steroid dienone is 5. The van der Waals surface area contributed by atoms with Crippen LogP contribution >= 0.6 is 0 Å². The van der Waals surface area contributed by atoms with Crippen LogP contribution < -0.4 is 10.5 Å². The van der Waals surface area contributed by atoms with Crippen LogP contribution in [-0.2, 0) is 15.7 Å². The van der Waals surface area contributed by atoms with Gasteiger partial charge >= 0.3 is 5.76 Å². The van der Waals surface area contributed by atoms with Crippen LogP contribution in [0.4, 0.5) is 8.78 Å². The normalized spacial score (nSPS) is 19.5. The van der Waals surface area contributed by atoms with Crippen LogP contribution in [0, 0.1) is 5.82 Å². The highest BCUT2D eigenvalue weighted by molar-refractivity contribution is 7.83. The molecule has 2 unspecified atom stereocenters. The second kappa shape index (κ2) is 10.7.